The number of thiazole rings is 1. The van der Waals surface area contributed by atoms with Crippen LogP contribution in [0.4, 0.5) is 0 Å². The van der Waals surface area contributed by atoms with Crippen LogP contribution in [0.3, 0.4) is 0 Å². The van der Waals surface area contributed by atoms with Crippen LogP contribution in [0.5, 0.6) is 5.88 Å². The quantitative estimate of drug-likeness (QED) is 0.832. The van der Waals surface area contributed by atoms with Crippen molar-refractivity contribution >= 4 is 17.3 Å². The molecule has 0 atom stereocenters. The molecule has 0 saturated carbocycles. The average molecular weight is 251 g/mol. The summed E-state index contributed by atoms with van der Waals surface area (Å²) in [6.07, 6.45) is 4.55. The van der Waals surface area contributed by atoms with E-state index in [2.05, 4.69) is 15.0 Å². The van der Waals surface area contributed by atoms with Crippen molar-refractivity contribution in [1.82, 2.24) is 15.0 Å². The number of rotatable bonds is 3. The Morgan fingerprint density at radius 1 is 1.53 bits per heavy atom. The second-order valence-corrected chi connectivity index (χ2v) is 3.98. The van der Waals surface area contributed by atoms with Gasteiger partial charge in [-0.1, -0.05) is 0 Å². The zero-order valence-electron chi connectivity index (χ0n) is 8.95. The molecule has 0 spiro atoms. The number of nitrogens with zero attached hydrogens (tertiary/aromatic N) is 3. The molecular formula is C10H9N3O3S. The van der Waals surface area contributed by atoms with Gasteiger partial charge in [-0.25, -0.2) is 4.79 Å². The highest BCUT2D eigenvalue weighted by Crippen LogP contribution is 2.30. The van der Waals surface area contributed by atoms with Crippen molar-refractivity contribution in [2.75, 3.05) is 6.61 Å². The first-order valence-corrected chi connectivity index (χ1v) is 5.67. The van der Waals surface area contributed by atoms with Gasteiger partial charge in [0, 0.05) is 12.4 Å². The molecule has 0 fully saturated rings. The molecule has 0 unspecified atom stereocenters. The third-order valence-electron chi connectivity index (χ3n) is 1.85. The van der Waals surface area contributed by atoms with Gasteiger partial charge in [-0.15, -0.1) is 11.3 Å². The first-order chi connectivity index (χ1) is 8.22. The molecule has 2 aromatic rings. The van der Waals surface area contributed by atoms with Gasteiger partial charge in [-0.3, -0.25) is 9.97 Å². The molecule has 17 heavy (non-hydrogen) atoms. The van der Waals surface area contributed by atoms with Gasteiger partial charge in [0.15, 0.2) is 4.88 Å². The van der Waals surface area contributed by atoms with Gasteiger partial charge < -0.3 is 9.84 Å². The molecule has 0 aromatic carbocycles. The summed E-state index contributed by atoms with van der Waals surface area (Å²) in [7, 11) is 0. The van der Waals surface area contributed by atoms with E-state index >= 15 is 0 Å². The predicted octanol–water partition coefficient (Wildman–Crippen LogP) is 1.48. The Hall–Kier alpha value is -2.02. The first-order valence-electron chi connectivity index (χ1n) is 4.85. The fraction of sp³-hybridized carbons (Fsp3) is 0.200. The second-order valence-electron chi connectivity index (χ2n) is 2.98. The van der Waals surface area contributed by atoms with E-state index < -0.39 is 5.97 Å². The molecule has 0 amide bonds. The van der Waals surface area contributed by atoms with E-state index in [0.717, 1.165) is 11.3 Å². The fourth-order valence-corrected chi connectivity index (χ4v) is 1.98. The third-order valence-corrected chi connectivity index (χ3v) is 2.90. The number of carbonyl (C=O) groups excluding carboxylic acids is 1. The number of aromatic hydroxyl groups is 1. The lowest BCUT2D eigenvalue weighted by Gasteiger charge is -1.96. The maximum Gasteiger partial charge on any atom is 0.353 e. The molecule has 7 heteroatoms. The molecule has 6 nitrogen and oxygen atoms in total. The van der Waals surface area contributed by atoms with E-state index in [4.69, 9.17) is 4.74 Å². The van der Waals surface area contributed by atoms with Crippen LogP contribution in [0, 0.1) is 0 Å². The molecular weight excluding hydrogens is 242 g/mol. The molecule has 0 aliphatic heterocycles. The minimum atomic E-state index is -0.586. The Morgan fingerprint density at radius 2 is 2.35 bits per heavy atom. The largest absolute Gasteiger partial charge is 0.492 e. The lowest BCUT2D eigenvalue weighted by atomic mass is 10.5. The Morgan fingerprint density at radius 3 is 3.00 bits per heavy atom. The van der Waals surface area contributed by atoms with Crippen LogP contribution >= 0.6 is 11.3 Å². The van der Waals surface area contributed by atoms with Crippen LogP contribution in [-0.2, 0) is 4.74 Å². The van der Waals surface area contributed by atoms with Crippen molar-refractivity contribution in [1.29, 1.82) is 0 Å². The van der Waals surface area contributed by atoms with Crippen LogP contribution < -0.4 is 0 Å². The fourth-order valence-electron chi connectivity index (χ4n) is 1.16. The molecule has 0 aliphatic rings. The summed E-state index contributed by atoms with van der Waals surface area (Å²) in [5.74, 6) is -0.924. The number of esters is 1. The zero-order chi connectivity index (χ0) is 12.3. The normalized spacial score (nSPS) is 10.2. The molecule has 0 bridgehead atoms. The van der Waals surface area contributed by atoms with Gasteiger partial charge in [0.05, 0.1) is 12.8 Å². The summed E-state index contributed by atoms with van der Waals surface area (Å²) in [6.45, 7) is 1.94. The Bertz CT molecular complexity index is 527. The minimum Gasteiger partial charge on any atom is -0.492 e. The van der Waals surface area contributed by atoms with Gasteiger partial charge in [0.2, 0.25) is 5.88 Å². The van der Waals surface area contributed by atoms with Crippen LogP contribution in [-0.4, -0.2) is 32.6 Å². The Labute approximate surface area is 101 Å². The molecule has 0 aliphatic carbocycles. The highest BCUT2D eigenvalue weighted by molar-refractivity contribution is 7.17. The molecule has 2 rings (SSSR count). The maximum absolute atomic E-state index is 11.5. The molecule has 1 N–H and O–H groups in total. The van der Waals surface area contributed by atoms with E-state index in [1.807, 2.05) is 0 Å². The van der Waals surface area contributed by atoms with Crippen molar-refractivity contribution in [3.8, 4) is 16.6 Å². The van der Waals surface area contributed by atoms with Gasteiger partial charge in [-0.2, -0.15) is 4.98 Å². The standard InChI is InChI=1S/C10H9N3O3S/c1-2-16-10(15)7-8(14)13-9(17-7)6-5-11-3-4-12-6/h3-5,14H,2H2,1H3. The predicted molar refractivity (Wildman–Crippen MR) is 60.8 cm³/mol. The lowest BCUT2D eigenvalue weighted by Crippen LogP contribution is -2.02. The number of aromatic nitrogens is 3. The Kier molecular flexibility index (Phi) is 3.29. The van der Waals surface area contributed by atoms with Crippen LogP contribution in [0.1, 0.15) is 16.6 Å². The summed E-state index contributed by atoms with van der Waals surface area (Å²) in [5, 5.41) is 9.97. The topological polar surface area (TPSA) is 85.2 Å². The van der Waals surface area contributed by atoms with Gasteiger partial charge >= 0.3 is 5.97 Å². The van der Waals surface area contributed by atoms with Gasteiger partial charge in [0.25, 0.3) is 0 Å². The van der Waals surface area contributed by atoms with E-state index in [1.54, 1.807) is 6.92 Å². The van der Waals surface area contributed by atoms with Crippen molar-refractivity contribution in [2.24, 2.45) is 0 Å². The second kappa shape index (κ2) is 4.88. The minimum absolute atomic E-state index is 0.0764. The van der Waals surface area contributed by atoms with Crippen LogP contribution in [0.2, 0.25) is 0 Å². The maximum atomic E-state index is 11.5. The summed E-state index contributed by atoms with van der Waals surface area (Å²) >= 11 is 1.02. The van der Waals surface area contributed by atoms with E-state index in [-0.39, 0.29) is 17.4 Å². The molecule has 0 radical (unpaired) electrons. The molecule has 2 heterocycles. The first kappa shape index (κ1) is 11.5. The lowest BCUT2D eigenvalue weighted by molar-refractivity contribution is 0.0528. The monoisotopic (exact) mass is 251 g/mol. The summed E-state index contributed by atoms with van der Waals surface area (Å²) < 4.78 is 4.79. The van der Waals surface area contributed by atoms with E-state index in [1.165, 1.54) is 18.6 Å². The van der Waals surface area contributed by atoms with Gasteiger partial charge in [0.1, 0.15) is 10.7 Å². The number of ether oxygens (including phenoxy) is 1. The highest BCUT2D eigenvalue weighted by atomic mass is 32.1. The SMILES string of the molecule is CCOC(=O)c1sc(-c2cnccn2)nc1O. The average Bonchev–Trinajstić information content (AvgIpc) is 2.73. The molecule has 2 aromatic heterocycles. The van der Waals surface area contributed by atoms with Gasteiger partial charge in [-0.05, 0) is 6.92 Å². The summed E-state index contributed by atoms with van der Waals surface area (Å²) in [6, 6.07) is 0. The van der Waals surface area contributed by atoms with Crippen molar-refractivity contribution in [3.63, 3.8) is 0 Å². The highest BCUT2D eigenvalue weighted by Gasteiger charge is 2.19. The Balaban J connectivity index is 2.34. The van der Waals surface area contributed by atoms with Crippen LogP contribution in [0.25, 0.3) is 10.7 Å². The zero-order valence-corrected chi connectivity index (χ0v) is 9.77. The summed E-state index contributed by atoms with van der Waals surface area (Å²) in [4.78, 5) is 23.3. The smallest absolute Gasteiger partial charge is 0.353 e. The number of hydrogen-bond donors (Lipinski definition) is 1. The van der Waals surface area contributed by atoms with Crippen molar-refractivity contribution in [2.45, 2.75) is 6.92 Å². The van der Waals surface area contributed by atoms with Crippen molar-refractivity contribution in [3.05, 3.63) is 23.5 Å². The summed E-state index contributed by atoms with van der Waals surface area (Å²) in [5.41, 5.74) is 0.503. The molecule has 0 saturated heterocycles. The van der Waals surface area contributed by atoms with Crippen LogP contribution in [0.15, 0.2) is 18.6 Å². The number of hydrogen-bond acceptors (Lipinski definition) is 7. The number of carbonyl (C=O) groups is 1. The van der Waals surface area contributed by atoms with Crippen molar-refractivity contribution < 1.29 is 14.6 Å². The van der Waals surface area contributed by atoms with E-state index in [0.29, 0.717) is 10.7 Å². The third kappa shape index (κ3) is 2.39. The molecule has 88 valence electrons. The van der Waals surface area contributed by atoms with E-state index in [9.17, 15) is 9.90 Å².